The number of fused-ring (bicyclic) bond motifs is 1. The second-order valence-electron chi connectivity index (χ2n) is 6.59. The molecule has 1 aliphatic heterocycles. The lowest BCUT2D eigenvalue weighted by molar-refractivity contribution is -0.121. The highest BCUT2D eigenvalue weighted by atomic mass is 35.5. The zero-order chi connectivity index (χ0) is 18.8. The smallest absolute Gasteiger partial charge is 0.276 e. The molecule has 4 rings (SSSR count). The van der Waals surface area contributed by atoms with Gasteiger partial charge in [-0.25, -0.2) is 4.52 Å². The molecule has 0 unspecified atom stereocenters. The molecule has 1 aliphatic carbocycles. The van der Waals surface area contributed by atoms with Crippen molar-refractivity contribution in [1.29, 1.82) is 0 Å². The summed E-state index contributed by atoms with van der Waals surface area (Å²) < 4.78 is 1.72. The van der Waals surface area contributed by atoms with Gasteiger partial charge in [-0.2, -0.15) is 5.10 Å². The van der Waals surface area contributed by atoms with E-state index in [-0.39, 0.29) is 24.1 Å². The standard InChI is InChI=1S/C17H19ClN4O2.C2H6/c1-10-7-12(11-3-4-11)8-13-15(18)16(20-22(10)13)17(24)21-6-2-5-19-14(23)9-21;1-2/h7-8,11H,2-6,9H2,1H3,(H,19,23);1-2H3. The van der Waals surface area contributed by atoms with Crippen LogP contribution in [0.4, 0.5) is 0 Å². The lowest BCUT2D eigenvalue weighted by Gasteiger charge is -2.17. The number of nitrogens with one attached hydrogen (secondary N) is 1. The predicted octanol–water partition coefficient (Wildman–Crippen LogP) is 3.16. The van der Waals surface area contributed by atoms with Crippen LogP contribution in [0.15, 0.2) is 12.1 Å². The number of amides is 2. The number of rotatable bonds is 2. The molecule has 1 saturated carbocycles. The summed E-state index contributed by atoms with van der Waals surface area (Å²) in [6.07, 6.45) is 3.14. The number of halogens is 1. The quantitative estimate of drug-likeness (QED) is 0.875. The summed E-state index contributed by atoms with van der Waals surface area (Å²) in [5.41, 5.74) is 3.21. The fourth-order valence-electron chi connectivity index (χ4n) is 3.23. The third-order valence-corrected chi connectivity index (χ3v) is 5.05. The Morgan fingerprint density at radius 1 is 1.31 bits per heavy atom. The van der Waals surface area contributed by atoms with Crippen molar-refractivity contribution in [3.63, 3.8) is 0 Å². The van der Waals surface area contributed by atoms with E-state index in [1.54, 1.807) is 4.52 Å². The van der Waals surface area contributed by atoms with Gasteiger partial charge in [-0.15, -0.1) is 0 Å². The van der Waals surface area contributed by atoms with E-state index in [1.807, 2.05) is 26.8 Å². The first-order valence-electron chi connectivity index (χ1n) is 9.29. The zero-order valence-electron chi connectivity index (χ0n) is 15.5. The molecule has 0 aromatic carbocycles. The number of pyridine rings is 1. The fourth-order valence-corrected chi connectivity index (χ4v) is 3.48. The molecule has 3 heterocycles. The van der Waals surface area contributed by atoms with E-state index in [2.05, 4.69) is 16.5 Å². The van der Waals surface area contributed by atoms with E-state index >= 15 is 0 Å². The number of nitrogens with zero attached hydrogens (tertiary/aromatic N) is 3. The zero-order valence-corrected chi connectivity index (χ0v) is 16.3. The number of carbonyl (C=O) groups excluding carboxylic acids is 2. The molecule has 2 amide bonds. The third-order valence-electron chi connectivity index (χ3n) is 4.67. The Hall–Kier alpha value is -2.08. The lowest BCUT2D eigenvalue weighted by Crippen LogP contribution is -2.37. The number of aromatic nitrogens is 2. The molecule has 2 aromatic rings. The Labute approximate surface area is 158 Å². The summed E-state index contributed by atoms with van der Waals surface area (Å²) in [7, 11) is 0. The van der Waals surface area contributed by atoms with Gasteiger partial charge in [0, 0.05) is 18.8 Å². The second kappa shape index (κ2) is 7.66. The molecule has 1 N–H and O–H groups in total. The van der Waals surface area contributed by atoms with Crippen LogP contribution in [0.2, 0.25) is 5.02 Å². The van der Waals surface area contributed by atoms with Crippen molar-refractivity contribution >= 4 is 28.9 Å². The van der Waals surface area contributed by atoms with Gasteiger partial charge in [0.2, 0.25) is 5.91 Å². The van der Waals surface area contributed by atoms with E-state index < -0.39 is 0 Å². The Kier molecular flexibility index (Phi) is 5.51. The minimum atomic E-state index is -0.284. The maximum atomic E-state index is 12.8. The van der Waals surface area contributed by atoms with Gasteiger partial charge in [0.05, 0.1) is 17.1 Å². The number of carbonyl (C=O) groups is 2. The average molecular weight is 377 g/mol. The van der Waals surface area contributed by atoms with Crippen LogP contribution in [0.25, 0.3) is 5.52 Å². The van der Waals surface area contributed by atoms with Crippen molar-refractivity contribution in [2.24, 2.45) is 0 Å². The summed E-state index contributed by atoms with van der Waals surface area (Å²) >= 11 is 6.49. The summed E-state index contributed by atoms with van der Waals surface area (Å²) in [5, 5.41) is 7.56. The van der Waals surface area contributed by atoms with Crippen LogP contribution in [-0.4, -0.2) is 46.0 Å². The number of hydrogen-bond acceptors (Lipinski definition) is 3. The van der Waals surface area contributed by atoms with Crippen LogP contribution >= 0.6 is 11.6 Å². The molecule has 0 atom stereocenters. The van der Waals surface area contributed by atoms with Gasteiger partial charge >= 0.3 is 0 Å². The topological polar surface area (TPSA) is 66.7 Å². The molecule has 1 saturated heterocycles. The lowest BCUT2D eigenvalue weighted by atomic mass is 10.1. The fraction of sp³-hybridized carbons (Fsp3) is 0.526. The van der Waals surface area contributed by atoms with Gasteiger partial charge in [0.25, 0.3) is 5.91 Å². The highest BCUT2D eigenvalue weighted by Crippen LogP contribution is 2.41. The largest absolute Gasteiger partial charge is 0.354 e. The SMILES string of the molecule is CC.Cc1cc(C2CC2)cc2c(Cl)c(C(=O)N3CCCNC(=O)C3)nn12. The van der Waals surface area contributed by atoms with Crippen molar-refractivity contribution in [1.82, 2.24) is 19.8 Å². The maximum absolute atomic E-state index is 12.8. The highest BCUT2D eigenvalue weighted by molar-refractivity contribution is 6.36. The third kappa shape index (κ3) is 3.56. The van der Waals surface area contributed by atoms with Crippen LogP contribution in [0.5, 0.6) is 0 Å². The normalized spacial score (nSPS) is 17.4. The number of aryl methyl sites for hydroxylation is 1. The molecule has 2 aromatic heterocycles. The van der Waals surface area contributed by atoms with Crippen LogP contribution in [0.3, 0.4) is 0 Å². The van der Waals surface area contributed by atoms with Gasteiger partial charge in [-0.05, 0) is 49.8 Å². The first-order valence-corrected chi connectivity index (χ1v) is 9.67. The first-order chi connectivity index (χ1) is 12.5. The number of hydrogen-bond donors (Lipinski definition) is 1. The summed E-state index contributed by atoms with van der Waals surface area (Å²) in [4.78, 5) is 26.0. The Balaban J connectivity index is 0.000000948. The molecule has 0 radical (unpaired) electrons. The highest BCUT2D eigenvalue weighted by Gasteiger charge is 2.29. The molecule has 26 heavy (non-hydrogen) atoms. The predicted molar refractivity (Wildman–Crippen MR) is 102 cm³/mol. The van der Waals surface area contributed by atoms with Gasteiger partial charge in [-0.3, -0.25) is 9.59 Å². The van der Waals surface area contributed by atoms with Crippen molar-refractivity contribution in [3.05, 3.63) is 34.1 Å². The van der Waals surface area contributed by atoms with Crippen molar-refractivity contribution in [2.75, 3.05) is 19.6 Å². The summed E-state index contributed by atoms with van der Waals surface area (Å²) in [6.45, 7) is 7.13. The minimum Gasteiger partial charge on any atom is -0.354 e. The summed E-state index contributed by atoms with van der Waals surface area (Å²) in [6, 6.07) is 4.15. The Bertz CT molecular complexity index is 842. The Morgan fingerprint density at radius 2 is 2.04 bits per heavy atom. The van der Waals surface area contributed by atoms with E-state index in [4.69, 9.17) is 11.6 Å². The van der Waals surface area contributed by atoms with Crippen molar-refractivity contribution in [3.8, 4) is 0 Å². The van der Waals surface area contributed by atoms with Gasteiger partial charge < -0.3 is 10.2 Å². The molecule has 2 aliphatic rings. The average Bonchev–Trinajstić information content (AvgIpc) is 3.45. The van der Waals surface area contributed by atoms with E-state index in [1.165, 1.54) is 23.3 Å². The molecular weight excluding hydrogens is 352 g/mol. The molecular formula is C19H25ClN4O2. The van der Waals surface area contributed by atoms with Gasteiger partial charge in [0.1, 0.15) is 0 Å². The van der Waals surface area contributed by atoms with E-state index in [9.17, 15) is 9.59 Å². The molecule has 140 valence electrons. The van der Waals surface area contributed by atoms with Crippen molar-refractivity contribution < 1.29 is 9.59 Å². The van der Waals surface area contributed by atoms with E-state index in [0.29, 0.717) is 24.0 Å². The van der Waals surface area contributed by atoms with Crippen LogP contribution in [0, 0.1) is 6.92 Å². The van der Waals surface area contributed by atoms with E-state index in [0.717, 1.165) is 17.6 Å². The van der Waals surface area contributed by atoms with Gasteiger partial charge in [0.15, 0.2) is 5.69 Å². The van der Waals surface area contributed by atoms with Crippen molar-refractivity contribution in [2.45, 2.75) is 46.0 Å². The maximum Gasteiger partial charge on any atom is 0.276 e. The molecule has 7 heteroatoms. The first kappa shape index (κ1) is 18.7. The van der Waals surface area contributed by atoms with Crippen LogP contribution in [-0.2, 0) is 4.79 Å². The summed E-state index contributed by atoms with van der Waals surface area (Å²) in [5.74, 6) is 0.175. The van der Waals surface area contributed by atoms with Crippen LogP contribution in [0.1, 0.15) is 60.8 Å². The molecule has 6 nitrogen and oxygen atoms in total. The second-order valence-corrected chi connectivity index (χ2v) is 6.97. The Morgan fingerprint density at radius 3 is 2.73 bits per heavy atom. The van der Waals surface area contributed by atoms with Crippen LogP contribution < -0.4 is 5.32 Å². The monoisotopic (exact) mass is 376 g/mol. The molecule has 0 bridgehead atoms. The molecule has 0 spiro atoms. The minimum absolute atomic E-state index is 0.0509. The molecule has 2 fully saturated rings. The van der Waals surface area contributed by atoms with Gasteiger partial charge in [-0.1, -0.05) is 25.4 Å².